The molecule has 1 N–H and O–H groups in total. The van der Waals surface area contributed by atoms with Crippen LogP contribution in [0.1, 0.15) is 61.2 Å². The van der Waals surface area contributed by atoms with Crippen LogP contribution in [0.25, 0.3) is 0 Å². The van der Waals surface area contributed by atoms with Gasteiger partial charge in [-0.15, -0.1) is 0 Å². The van der Waals surface area contributed by atoms with Gasteiger partial charge in [0.15, 0.2) is 0 Å². The zero-order valence-electron chi connectivity index (χ0n) is 18.1. The number of amides is 2. The molecule has 30 heavy (non-hydrogen) atoms. The molecule has 2 amide bonds. The lowest BCUT2D eigenvalue weighted by atomic mass is 9.88. The Kier molecular flexibility index (Phi) is 7.69. The Morgan fingerprint density at radius 3 is 2.60 bits per heavy atom. The second-order valence-corrected chi connectivity index (χ2v) is 8.22. The largest absolute Gasteiger partial charge is 0.467 e. The van der Waals surface area contributed by atoms with Crippen LogP contribution in [0.15, 0.2) is 47.1 Å². The minimum atomic E-state index is -0.514. The Morgan fingerprint density at radius 2 is 1.97 bits per heavy atom. The highest BCUT2D eigenvalue weighted by Crippen LogP contribution is 2.27. The third kappa shape index (κ3) is 5.95. The molecule has 1 heterocycles. The van der Waals surface area contributed by atoms with Gasteiger partial charge in [0, 0.05) is 19.2 Å². The highest BCUT2D eigenvalue weighted by Gasteiger charge is 2.27. The first-order valence-electron chi connectivity index (χ1n) is 10.7. The molecular weight excluding hydrogens is 380 g/mol. The summed E-state index contributed by atoms with van der Waals surface area (Å²) in [6.07, 6.45) is 5.65. The number of benzene rings is 1. The topological polar surface area (TPSA) is 71.8 Å². The van der Waals surface area contributed by atoms with E-state index in [9.17, 15) is 9.59 Å². The summed E-state index contributed by atoms with van der Waals surface area (Å²) in [5.41, 5.74) is 1.54. The molecular formula is C24H32N2O4. The van der Waals surface area contributed by atoms with Crippen LogP contribution < -0.4 is 5.32 Å². The van der Waals surface area contributed by atoms with Gasteiger partial charge in [-0.2, -0.15) is 0 Å². The van der Waals surface area contributed by atoms with Crippen molar-refractivity contribution in [1.82, 2.24) is 10.2 Å². The first-order chi connectivity index (χ1) is 14.5. The monoisotopic (exact) mass is 412 g/mol. The van der Waals surface area contributed by atoms with Gasteiger partial charge in [0.2, 0.25) is 0 Å². The van der Waals surface area contributed by atoms with Crippen LogP contribution in [0.4, 0.5) is 0 Å². The molecule has 0 aliphatic heterocycles. The molecule has 0 radical (unpaired) electrons. The van der Waals surface area contributed by atoms with E-state index in [0.717, 1.165) is 30.6 Å². The normalized spacial score (nSPS) is 19.8. The molecule has 162 valence electrons. The fraction of sp³-hybridized carbons (Fsp3) is 0.500. The Bertz CT molecular complexity index is 816. The number of nitrogens with one attached hydrogen (secondary N) is 1. The summed E-state index contributed by atoms with van der Waals surface area (Å²) in [6, 6.07) is 11.0. The summed E-state index contributed by atoms with van der Waals surface area (Å²) >= 11 is 0. The van der Waals surface area contributed by atoms with E-state index in [1.807, 2.05) is 31.2 Å². The highest BCUT2D eigenvalue weighted by molar-refractivity contribution is 5.93. The van der Waals surface area contributed by atoms with Crippen molar-refractivity contribution in [2.75, 3.05) is 7.05 Å². The number of rotatable bonds is 8. The maximum absolute atomic E-state index is 13.2. The molecule has 1 fully saturated rings. The maximum Gasteiger partial charge on any atom is 0.252 e. The molecule has 3 rings (SSSR count). The molecule has 1 saturated carbocycles. The number of carbonyl (C=O) groups excluding carboxylic acids is 2. The van der Waals surface area contributed by atoms with Crippen LogP contribution >= 0.6 is 0 Å². The molecule has 2 aromatic rings. The van der Waals surface area contributed by atoms with Gasteiger partial charge in [0.05, 0.1) is 18.9 Å². The number of nitrogens with zero attached hydrogens (tertiary/aromatic N) is 1. The average molecular weight is 413 g/mol. The van der Waals surface area contributed by atoms with Gasteiger partial charge in [-0.05, 0) is 55.5 Å². The summed E-state index contributed by atoms with van der Waals surface area (Å²) in [5, 5.41) is 2.61. The van der Waals surface area contributed by atoms with Gasteiger partial charge in [-0.25, -0.2) is 0 Å². The van der Waals surface area contributed by atoms with E-state index < -0.39 is 6.10 Å². The van der Waals surface area contributed by atoms with Crippen LogP contribution in [0, 0.1) is 5.92 Å². The molecule has 1 aliphatic rings. The maximum atomic E-state index is 13.2. The summed E-state index contributed by atoms with van der Waals surface area (Å²) in [7, 11) is 1.61. The quantitative estimate of drug-likeness (QED) is 0.707. The molecule has 1 aliphatic carbocycles. The van der Waals surface area contributed by atoms with Gasteiger partial charge < -0.3 is 19.4 Å². The van der Waals surface area contributed by atoms with Crippen molar-refractivity contribution >= 4 is 11.8 Å². The van der Waals surface area contributed by atoms with Crippen molar-refractivity contribution in [3.05, 3.63) is 59.5 Å². The van der Waals surface area contributed by atoms with Crippen LogP contribution in [0.3, 0.4) is 0 Å². The summed E-state index contributed by atoms with van der Waals surface area (Å²) in [5.74, 6) is 1.18. The SMILES string of the molecule is CNC(=O)c1ccc(CN(Cc2ccco2)C(=O)C(C)OC2CCCC(C)C2)cc1. The lowest BCUT2D eigenvalue weighted by Gasteiger charge is -2.31. The standard InChI is InChI=1S/C24H32N2O4/c1-17-6-4-7-21(14-17)30-18(2)24(28)26(16-22-8-5-13-29-22)15-19-9-11-20(12-10-19)23(27)25-3/h5,8-13,17-18,21H,4,6-7,14-16H2,1-3H3,(H,25,27). The number of ether oxygens (including phenoxy) is 1. The summed E-state index contributed by atoms with van der Waals surface area (Å²) in [4.78, 5) is 26.8. The Hall–Kier alpha value is -2.60. The number of hydrogen-bond donors (Lipinski definition) is 1. The van der Waals surface area contributed by atoms with Crippen LogP contribution in [-0.2, 0) is 22.6 Å². The summed E-state index contributed by atoms with van der Waals surface area (Å²) < 4.78 is 11.6. The second-order valence-electron chi connectivity index (χ2n) is 8.22. The van der Waals surface area contributed by atoms with Crippen LogP contribution in [0.5, 0.6) is 0 Å². The van der Waals surface area contributed by atoms with Crippen molar-refractivity contribution in [1.29, 1.82) is 0 Å². The van der Waals surface area contributed by atoms with Crippen LogP contribution in [0.2, 0.25) is 0 Å². The smallest absolute Gasteiger partial charge is 0.252 e. The molecule has 3 atom stereocenters. The van der Waals surface area contributed by atoms with Crippen molar-refractivity contribution in [3.63, 3.8) is 0 Å². The third-order valence-electron chi connectivity index (χ3n) is 5.69. The Balaban J connectivity index is 1.69. The fourth-order valence-electron chi connectivity index (χ4n) is 4.03. The lowest BCUT2D eigenvalue weighted by molar-refractivity contribution is -0.149. The number of furan rings is 1. The van der Waals surface area contributed by atoms with E-state index in [1.54, 1.807) is 30.3 Å². The molecule has 0 saturated heterocycles. The zero-order valence-corrected chi connectivity index (χ0v) is 18.1. The molecule has 1 aromatic heterocycles. The number of hydrogen-bond acceptors (Lipinski definition) is 4. The first-order valence-corrected chi connectivity index (χ1v) is 10.7. The third-order valence-corrected chi connectivity index (χ3v) is 5.69. The highest BCUT2D eigenvalue weighted by atomic mass is 16.5. The summed E-state index contributed by atoms with van der Waals surface area (Å²) in [6.45, 7) is 4.87. The second kappa shape index (κ2) is 10.4. The van der Waals surface area contributed by atoms with Crippen LogP contribution in [-0.4, -0.2) is 36.0 Å². The molecule has 0 bridgehead atoms. The van der Waals surface area contributed by atoms with E-state index in [2.05, 4.69) is 12.2 Å². The average Bonchev–Trinajstić information content (AvgIpc) is 3.26. The first kappa shape index (κ1) is 22.1. The number of carbonyl (C=O) groups is 2. The van der Waals surface area contributed by atoms with Gasteiger partial charge in [-0.3, -0.25) is 9.59 Å². The zero-order chi connectivity index (χ0) is 21.5. The van der Waals surface area contributed by atoms with Crippen molar-refractivity contribution in [2.24, 2.45) is 5.92 Å². The molecule has 6 heteroatoms. The van der Waals surface area contributed by atoms with E-state index in [4.69, 9.17) is 9.15 Å². The molecule has 0 spiro atoms. The predicted molar refractivity (Wildman–Crippen MR) is 115 cm³/mol. The minimum absolute atomic E-state index is 0.0556. The molecule has 3 unspecified atom stereocenters. The molecule has 6 nitrogen and oxygen atoms in total. The van der Waals surface area contributed by atoms with Gasteiger partial charge in [0.25, 0.3) is 11.8 Å². The van der Waals surface area contributed by atoms with E-state index in [-0.39, 0.29) is 17.9 Å². The van der Waals surface area contributed by atoms with Crippen molar-refractivity contribution in [3.8, 4) is 0 Å². The van der Waals surface area contributed by atoms with E-state index in [0.29, 0.717) is 24.6 Å². The van der Waals surface area contributed by atoms with E-state index in [1.165, 1.54) is 6.42 Å². The van der Waals surface area contributed by atoms with Gasteiger partial charge in [0.1, 0.15) is 11.9 Å². The van der Waals surface area contributed by atoms with Gasteiger partial charge >= 0.3 is 0 Å². The van der Waals surface area contributed by atoms with Crippen molar-refractivity contribution < 1.29 is 18.7 Å². The predicted octanol–water partition coefficient (Wildman–Crippen LogP) is 4.15. The molecule has 1 aromatic carbocycles. The van der Waals surface area contributed by atoms with Crippen molar-refractivity contribution in [2.45, 2.75) is 64.8 Å². The fourth-order valence-corrected chi connectivity index (χ4v) is 4.03. The van der Waals surface area contributed by atoms with Gasteiger partial charge in [-0.1, -0.05) is 31.9 Å². The Labute approximate surface area is 178 Å². The van der Waals surface area contributed by atoms with E-state index >= 15 is 0 Å². The Morgan fingerprint density at radius 1 is 1.20 bits per heavy atom. The lowest BCUT2D eigenvalue weighted by Crippen LogP contribution is -2.40. The minimum Gasteiger partial charge on any atom is -0.467 e.